The fourth-order valence-corrected chi connectivity index (χ4v) is 2.66. The number of hydrogen-bond acceptors (Lipinski definition) is 3. The Balaban J connectivity index is 2.58. The van der Waals surface area contributed by atoms with E-state index in [1.807, 2.05) is 24.0 Å². The Morgan fingerprint density at radius 2 is 2.10 bits per heavy atom. The molecule has 0 aliphatic heterocycles. The molecule has 0 fully saturated rings. The number of nitrogens with one attached hydrogen (secondary N) is 1. The number of benzene rings is 1. The maximum absolute atomic E-state index is 5.60. The van der Waals surface area contributed by atoms with E-state index < -0.39 is 0 Å². The van der Waals surface area contributed by atoms with Gasteiger partial charge in [0.05, 0.1) is 13.2 Å². The van der Waals surface area contributed by atoms with E-state index in [9.17, 15) is 0 Å². The highest BCUT2D eigenvalue weighted by Crippen LogP contribution is 2.33. The molecule has 4 heteroatoms. The minimum Gasteiger partial charge on any atom is -0.496 e. The molecular weight excluding hydrogens is 250 g/mol. The second-order valence-corrected chi connectivity index (χ2v) is 5.08. The molecule has 2 rings (SSSR count). The van der Waals surface area contributed by atoms with E-state index in [4.69, 9.17) is 4.74 Å². The van der Waals surface area contributed by atoms with E-state index in [0.717, 1.165) is 23.7 Å². The van der Waals surface area contributed by atoms with Crippen molar-refractivity contribution < 1.29 is 4.74 Å². The summed E-state index contributed by atoms with van der Waals surface area (Å²) < 4.78 is 7.64. The summed E-state index contributed by atoms with van der Waals surface area (Å²) in [7, 11) is 3.74. The quantitative estimate of drug-likeness (QED) is 0.910. The van der Waals surface area contributed by atoms with Crippen molar-refractivity contribution in [3.8, 4) is 5.75 Å². The first kappa shape index (κ1) is 14.6. The summed E-state index contributed by atoms with van der Waals surface area (Å²) in [5.41, 5.74) is 3.59. The molecule has 2 aromatic rings. The van der Waals surface area contributed by atoms with Crippen LogP contribution in [0.4, 0.5) is 0 Å². The smallest absolute Gasteiger partial charge is 0.130 e. The van der Waals surface area contributed by atoms with Crippen LogP contribution in [0.5, 0.6) is 5.75 Å². The third-order valence-corrected chi connectivity index (χ3v) is 3.53. The first-order valence-electron chi connectivity index (χ1n) is 6.94. The molecule has 1 N–H and O–H groups in total. The van der Waals surface area contributed by atoms with E-state index in [2.05, 4.69) is 43.2 Å². The Bertz CT molecular complexity index is 589. The predicted octanol–water partition coefficient (Wildman–Crippen LogP) is 2.74. The zero-order valence-corrected chi connectivity index (χ0v) is 12.9. The van der Waals surface area contributed by atoms with Gasteiger partial charge < -0.3 is 14.6 Å². The molecule has 0 radical (unpaired) electrons. The topological polar surface area (TPSA) is 39.1 Å². The van der Waals surface area contributed by atoms with Crippen molar-refractivity contribution in [2.75, 3.05) is 13.7 Å². The number of nitrogens with zero attached hydrogens (tertiary/aromatic N) is 2. The van der Waals surface area contributed by atoms with Crippen molar-refractivity contribution in [3.63, 3.8) is 0 Å². The minimum atomic E-state index is 0.0375. The standard InChI is InChI=1S/C16H23N3O/c1-6-17-15(16-18-7-8-19(16)4)14-12(3)9-11(2)10-13(14)20-5/h7-10,15,17H,6H2,1-5H3. The second kappa shape index (κ2) is 6.09. The fourth-order valence-electron chi connectivity index (χ4n) is 2.66. The van der Waals surface area contributed by atoms with Gasteiger partial charge in [0.25, 0.3) is 0 Å². The molecule has 1 heterocycles. The Hall–Kier alpha value is -1.81. The number of hydrogen-bond donors (Lipinski definition) is 1. The van der Waals surface area contributed by atoms with Crippen LogP contribution in [0.2, 0.25) is 0 Å². The van der Waals surface area contributed by atoms with Crippen LogP contribution in [0, 0.1) is 13.8 Å². The van der Waals surface area contributed by atoms with Crippen LogP contribution in [-0.4, -0.2) is 23.2 Å². The number of rotatable bonds is 5. The summed E-state index contributed by atoms with van der Waals surface area (Å²) in [4.78, 5) is 4.49. The molecule has 1 unspecified atom stereocenters. The molecule has 0 aliphatic carbocycles. The van der Waals surface area contributed by atoms with Crippen molar-refractivity contribution in [1.29, 1.82) is 0 Å². The summed E-state index contributed by atoms with van der Waals surface area (Å²) in [5.74, 6) is 1.91. The number of imidazole rings is 1. The average Bonchev–Trinajstić information content (AvgIpc) is 2.82. The Morgan fingerprint density at radius 3 is 2.65 bits per heavy atom. The molecule has 0 spiro atoms. The zero-order chi connectivity index (χ0) is 14.7. The molecule has 0 saturated heterocycles. The van der Waals surface area contributed by atoms with Crippen LogP contribution in [0.25, 0.3) is 0 Å². The summed E-state index contributed by atoms with van der Waals surface area (Å²) in [6.45, 7) is 7.18. The molecule has 20 heavy (non-hydrogen) atoms. The van der Waals surface area contributed by atoms with Gasteiger partial charge in [-0.25, -0.2) is 4.98 Å². The van der Waals surface area contributed by atoms with Gasteiger partial charge in [-0.2, -0.15) is 0 Å². The lowest BCUT2D eigenvalue weighted by molar-refractivity contribution is 0.401. The van der Waals surface area contributed by atoms with Crippen molar-refractivity contribution in [3.05, 3.63) is 47.0 Å². The largest absolute Gasteiger partial charge is 0.496 e. The molecular formula is C16H23N3O. The molecule has 0 aliphatic rings. The van der Waals surface area contributed by atoms with Gasteiger partial charge >= 0.3 is 0 Å². The van der Waals surface area contributed by atoms with Gasteiger partial charge in [0.2, 0.25) is 0 Å². The van der Waals surface area contributed by atoms with Gasteiger partial charge in [0, 0.05) is 25.0 Å². The Morgan fingerprint density at radius 1 is 1.35 bits per heavy atom. The summed E-state index contributed by atoms with van der Waals surface area (Å²) >= 11 is 0. The fraction of sp³-hybridized carbons (Fsp3) is 0.438. The lowest BCUT2D eigenvalue weighted by Crippen LogP contribution is -2.26. The van der Waals surface area contributed by atoms with Crippen molar-refractivity contribution in [2.45, 2.75) is 26.8 Å². The van der Waals surface area contributed by atoms with Crippen LogP contribution < -0.4 is 10.1 Å². The minimum absolute atomic E-state index is 0.0375. The maximum atomic E-state index is 5.60. The van der Waals surface area contributed by atoms with Crippen LogP contribution >= 0.6 is 0 Å². The number of aryl methyl sites for hydroxylation is 3. The first-order chi connectivity index (χ1) is 9.58. The Labute approximate surface area is 120 Å². The molecule has 1 aromatic carbocycles. The molecule has 0 saturated carbocycles. The monoisotopic (exact) mass is 273 g/mol. The van der Waals surface area contributed by atoms with E-state index in [-0.39, 0.29) is 6.04 Å². The number of methoxy groups -OCH3 is 1. The van der Waals surface area contributed by atoms with Gasteiger partial charge in [0.1, 0.15) is 11.6 Å². The molecule has 4 nitrogen and oxygen atoms in total. The second-order valence-electron chi connectivity index (χ2n) is 5.08. The molecule has 1 atom stereocenters. The maximum Gasteiger partial charge on any atom is 0.130 e. The van der Waals surface area contributed by atoms with Crippen LogP contribution in [-0.2, 0) is 7.05 Å². The normalized spacial score (nSPS) is 12.4. The first-order valence-corrected chi connectivity index (χ1v) is 6.94. The molecule has 1 aromatic heterocycles. The number of ether oxygens (including phenoxy) is 1. The van der Waals surface area contributed by atoms with Crippen LogP contribution in [0.3, 0.4) is 0 Å². The van der Waals surface area contributed by atoms with Gasteiger partial charge in [0.15, 0.2) is 0 Å². The van der Waals surface area contributed by atoms with Gasteiger partial charge in [-0.15, -0.1) is 0 Å². The molecule has 0 bridgehead atoms. The predicted molar refractivity (Wildman–Crippen MR) is 81.2 cm³/mol. The summed E-state index contributed by atoms with van der Waals surface area (Å²) in [6, 6.07) is 4.30. The lowest BCUT2D eigenvalue weighted by Gasteiger charge is -2.23. The highest BCUT2D eigenvalue weighted by molar-refractivity contribution is 5.47. The van der Waals surface area contributed by atoms with Crippen molar-refractivity contribution >= 4 is 0 Å². The Kier molecular flexibility index (Phi) is 4.45. The van der Waals surface area contributed by atoms with Gasteiger partial charge in [-0.05, 0) is 37.6 Å². The van der Waals surface area contributed by atoms with Gasteiger partial charge in [-0.1, -0.05) is 13.0 Å². The third kappa shape index (κ3) is 2.70. The summed E-state index contributed by atoms with van der Waals surface area (Å²) in [6.07, 6.45) is 3.80. The third-order valence-electron chi connectivity index (χ3n) is 3.53. The lowest BCUT2D eigenvalue weighted by atomic mass is 9.97. The zero-order valence-electron chi connectivity index (χ0n) is 12.9. The van der Waals surface area contributed by atoms with Crippen LogP contribution in [0.15, 0.2) is 24.5 Å². The van der Waals surface area contributed by atoms with Crippen LogP contribution in [0.1, 0.15) is 35.5 Å². The van der Waals surface area contributed by atoms with E-state index in [1.165, 1.54) is 11.1 Å². The number of aromatic nitrogens is 2. The van der Waals surface area contributed by atoms with E-state index in [0.29, 0.717) is 0 Å². The van der Waals surface area contributed by atoms with Crippen molar-refractivity contribution in [1.82, 2.24) is 14.9 Å². The van der Waals surface area contributed by atoms with E-state index >= 15 is 0 Å². The summed E-state index contributed by atoms with van der Waals surface area (Å²) in [5, 5.41) is 3.51. The van der Waals surface area contributed by atoms with Crippen molar-refractivity contribution in [2.24, 2.45) is 7.05 Å². The highest BCUT2D eigenvalue weighted by Gasteiger charge is 2.23. The van der Waals surface area contributed by atoms with Gasteiger partial charge in [-0.3, -0.25) is 0 Å². The average molecular weight is 273 g/mol. The van der Waals surface area contributed by atoms with E-state index in [1.54, 1.807) is 7.11 Å². The molecule has 108 valence electrons. The SMILES string of the molecule is CCNC(c1c(C)cc(C)cc1OC)c1nccn1C. The highest BCUT2D eigenvalue weighted by atomic mass is 16.5. The molecule has 0 amide bonds.